The molecule has 2 aromatic rings. The van der Waals surface area contributed by atoms with Gasteiger partial charge in [-0.1, -0.05) is 58.7 Å². The van der Waals surface area contributed by atoms with Crippen LogP contribution in [-0.2, 0) is 16.9 Å². The van der Waals surface area contributed by atoms with E-state index in [4.69, 9.17) is 28.0 Å². The second-order valence-electron chi connectivity index (χ2n) is 9.61. The number of fused-ring (bicyclic) bond motifs is 1. The highest BCUT2D eigenvalue weighted by atomic mass is 35.5. The Labute approximate surface area is 182 Å². The van der Waals surface area contributed by atoms with Crippen molar-refractivity contribution in [1.82, 2.24) is 0 Å². The van der Waals surface area contributed by atoms with Gasteiger partial charge in [0.2, 0.25) is 0 Å². The summed E-state index contributed by atoms with van der Waals surface area (Å²) in [6, 6.07) is 14.5. The molecule has 0 amide bonds. The van der Waals surface area contributed by atoms with Crippen molar-refractivity contribution in [2.75, 3.05) is 0 Å². The molecule has 5 aliphatic carbocycles. The molecule has 0 radical (unpaired) electrons. The molecule has 29 heavy (non-hydrogen) atoms. The average Bonchev–Trinajstić information content (AvgIpc) is 3.03. The molecule has 0 heterocycles. The number of benzene rings is 2. The number of oxime groups is 1. The number of hydrogen-bond donors (Lipinski definition) is 0. The molecule has 150 valence electrons. The molecule has 0 unspecified atom stereocenters. The molecule has 4 saturated carbocycles. The number of rotatable bonds is 3. The minimum Gasteiger partial charge on any atom is -0.391 e. The Kier molecular flexibility index (Phi) is 4.25. The zero-order chi connectivity index (χ0) is 19.6. The maximum absolute atomic E-state index is 6.29. The van der Waals surface area contributed by atoms with Crippen molar-refractivity contribution in [2.45, 2.75) is 50.5 Å². The van der Waals surface area contributed by atoms with Gasteiger partial charge in [0.1, 0.15) is 6.61 Å². The fraction of sp³-hybridized carbons (Fsp3) is 0.480. The van der Waals surface area contributed by atoms with Crippen LogP contribution in [0.5, 0.6) is 0 Å². The highest BCUT2D eigenvalue weighted by Gasteiger charge is 2.60. The summed E-state index contributed by atoms with van der Waals surface area (Å²) in [6.45, 7) is 0.367. The van der Waals surface area contributed by atoms with E-state index in [2.05, 4.69) is 29.4 Å². The quantitative estimate of drug-likeness (QED) is 0.484. The zero-order valence-electron chi connectivity index (χ0n) is 16.4. The molecule has 1 spiro atoms. The highest BCUT2D eigenvalue weighted by Crippen LogP contribution is 2.66. The van der Waals surface area contributed by atoms with Gasteiger partial charge in [0.15, 0.2) is 0 Å². The molecule has 0 aromatic heterocycles. The van der Waals surface area contributed by atoms with Crippen LogP contribution in [-0.4, -0.2) is 5.71 Å². The minimum atomic E-state index is 0.296. The summed E-state index contributed by atoms with van der Waals surface area (Å²) in [4.78, 5) is 5.83. The van der Waals surface area contributed by atoms with Gasteiger partial charge in [-0.2, -0.15) is 0 Å². The summed E-state index contributed by atoms with van der Waals surface area (Å²) >= 11 is 12.3. The standard InChI is InChI=1S/C25H25Cl2NO/c26-20-6-5-17(23(27)12-20)14-29-28-24-13-25(22-4-2-1-3-21(22)24)18-8-15-7-16(10-18)11-19(25)9-15/h1-6,12,15-16,18-19H,7-11,13-14H2/b28-24-. The van der Waals surface area contributed by atoms with Gasteiger partial charge < -0.3 is 4.84 Å². The van der Waals surface area contributed by atoms with E-state index in [1.54, 1.807) is 11.6 Å². The number of nitrogens with zero attached hydrogens (tertiary/aromatic N) is 1. The van der Waals surface area contributed by atoms with Crippen molar-refractivity contribution in [1.29, 1.82) is 0 Å². The lowest BCUT2D eigenvalue weighted by molar-refractivity contribution is -0.0559. The largest absolute Gasteiger partial charge is 0.391 e. The average molecular weight is 426 g/mol. The molecule has 0 aliphatic heterocycles. The predicted molar refractivity (Wildman–Crippen MR) is 118 cm³/mol. The minimum absolute atomic E-state index is 0.296. The number of hydrogen-bond acceptors (Lipinski definition) is 2. The highest BCUT2D eigenvalue weighted by molar-refractivity contribution is 6.35. The molecule has 0 saturated heterocycles. The zero-order valence-corrected chi connectivity index (χ0v) is 17.9. The molecule has 4 fully saturated rings. The van der Waals surface area contributed by atoms with E-state index in [-0.39, 0.29) is 0 Å². The van der Waals surface area contributed by atoms with Crippen LogP contribution in [0, 0.1) is 23.7 Å². The third-order valence-corrected chi connectivity index (χ3v) is 8.79. The van der Waals surface area contributed by atoms with Crippen LogP contribution >= 0.6 is 23.2 Å². The lowest BCUT2D eigenvalue weighted by Gasteiger charge is -2.60. The lowest BCUT2D eigenvalue weighted by atomic mass is 9.44. The molecular weight excluding hydrogens is 401 g/mol. The van der Waals surface area contributed by atoms with Crippen LogP contribution < -0.4 is 0 Å². The van der Waals surface area contributed by atoms with Crippen molar-refractivity contribution in [2.24, 2.45) is 28.8 Å². The molecule has 4 bridgehead atoms. The van der Waals surface area contributed by atoms with E-state index in [0.29, 0.717) is 22.1 Å². The Hall–Kier alpha value is -1.51. The van der Waals surface area contributed by atoms with E-state index in [1.165, 1.54) is 37.7 Å². The summed E-state index contributed by atoms with van der Waals surface area (Å²) in [5.41, 5.74) is 5.18. The van der Waals surface area contributed by atoms with E-state index < -0.39 is 0 Å². The SMILES string of the molecule is Clc1ccc(CO/N=C2/CC3(c4ccccc42)C2CC4CC(C2)CC3C4)c(Cl)c1. The number of halogens is 2. The Balaban J connectivity index is 1.31. The smallest absolute Gasteiger partial charge is 0.143 e. The van der Waals surface area contributed by atoms with Crippen LogP contribution in [0.2, 0.25) is 10.0 Å². The first kappa shape index (κ1) is 18.3. The first-order valence-corrected chi connectivity index (χ1v) is 11.6. The summed E-state index contributed by atoms with van der Waals surface area (Å²) < 4.78 is 0. The van der Waals surface area contributed by atoms with Gasteiger partial charge in [0, 0.05) is 33.0 Å². The van der Waals surface area contributed by atoms with Gasteiger partial charge in [-0.25, -0.2) is 0 Å². The maximum Gasteiger partial charge on any atom is 0.143 e. The van der Waals surface area contributed by atoms with Gasteiger partial charge in [0.25, 0.3) is 0 Å². The Morgan fingerprint density at radius 1 is 0.931 bits per heavy atom. The first-order chi connectivity index (χ1) is 14.1. The Morgan fingerprint density at radius 2 is 1.66 bits per heavy atom. The summed E-state index contributed by atoms with van der Waals surface area (Å²) in [5, 5.41) is 5.92. The molecule has 7 rings (SSSR count). The van der Waals surface area contributed by atoms with Crippen LogP contribution in [0.3, 0.4) is 0 Å². The first-order valence-electron chi connectivity index (χ1n) is 10.9. The van der Waals surface area contributed by atoms with Crippen LogP contribution in [0.25, 0.3) is 0 Å². The van der Waals surface area contributed by atoms with Gasteiger partial charge in [-0.15, -0.1) is 0 Å². The van der Waals surface area contributed by atoms with Crippen molar-refractivity contribution < 1.29 is 4.84 Å². The normalized spacial score (nSPS) is 35.4. The third kappa shape index (κ3) is 2.79. The second kappa shape index (κ2) is 6.75. The van der Waals surface area contributed by atoms with Gasteiger partial charge in [0.05, 0.1) is 5.71 Å². The monoisotopic (exact) mass is 425 g/mol. The molecular formula is C25H25Cl2NO. The fourth-order valence-corrected chi connectivity index (χ4v) is 7.72. The van der Waals surface area contributed by atoms with Crippen molar-refractivity contribution >= 4 is 28.9 Å². The molecule has 5 aliphatic rings. The molecule has 2 aromatic carbocycles. The van der Waals surface area contributed by atoms with Crippen LogP contribution in [0.4, 0.5) is 0 Å². The fourth-order valence-electron chi connectivity index (χ4n) is 7.26. The van der Waals surface area contributed by atoms with Crippen LogP contribution in [0.1, 0.15) is 55.2 Å². The van der Waals surface area contributed by atoms with E-state index >= 15 is 0 Å². The van der Waals surface area contributed by atoms with Crippen molar-refractivity contribution in [3.63, 3.8) is 0 Å². The Bertz CT molecular complexity index is 970. The van der Waals surface area contributed by atoms with E-state index in [0.717, 1.165) is 41.4 Å². The molecule has 2 nitrogen and oxygen atoms in total. The predicted octanol–water partition coefficient (Wildman–Crippen LogP) is 7.01. The van der Waals surface area contributed by atoms with Gasteiger partial charge >= 0.3 is 0 Å². The van der Waals surface area contributed by atoms with Crippen LogP contribution in [0.15, 0.2) is 47.6 Å². The van der Waals surface area contributed by atoms with Crippen molar-refractivity contribution in [3.8, 4) is 0 Å². The summed E-state index contributed by atoms with van der Waals surface area (Å²) in [7, 11) is 0. The summed E-state index contributed by atoms with van der Waals surface area (Å²) in [5.74, 6) is 3.58. The molecule has 0 atom stereocenters. The maximum atomic E-state index is 6.29. The summed E-state index contributed by atoms with van der Waals surface area (Å²) in [6.07, 6.45) is 8.17. The van der Waals surface area contributed by atoms with E-state index in [1.807, 2.05) is 12.1 Å². The Morgan fingerprint density at radius 3 is 2.38 bits per heavy atom. The second-order valence-corrected chi connectivity index (χ2v) is 10.5. The van der Waals surface area contributed by atoms with Gasteiger partial charge in [-0.05, 0) is 73.5 Å². The third-order valence-electron chi connectivity index (χ3n) is 8.20. The van der Waals surface area contributed by atoms with Crippen molar-refractivity contribution in [3.05, 3.63) is 69.2 Å². The topological polar surface area (TPSA) is 21.6 Å². The molecule has 0 N–H and O–H groups in total. The van der Waals surface area contributed by atoms with Gasteiger partial charge in [-0.3, -0.25) is 0 Å². The molecule has 4 heteroatoms. The van der Waals surface area contributed by atoms with E-state index in [9.17, 15) is 0 Å². The lowest BCUT2D eigenvalue weighted by Crippen LogP contribution is -2.54.